The third-order valence-corrected chi connectivity index (χ3v) is 4.63. The predicted molar refractivity (Wildman–Crippen MR) is 123 cm³/mol. The van der Waals surface area contributed by atoms with Crippen LogP contribution >= 0.6 is 35.3 Å². The van der Waals surface area contributed by atoms with E-state index in [4.69, 9.17) is 9.47 Å². The number of hydrogen-bond acceptors (Lipinski definition) is 5. The molecule has 2 aromatic rings. The lowest BCUT2D eigenvalue weighted by Gasteiger charge is -2.11. The Hall–Kier alpha value is -1.76. The quantitative estimate of drug-likeness (QED) is 0.197. The highest BCUT2D eigenvalue weighted by Gasteiger charge is 2.33. The minimum Gasteiger partial charge on any atom is -0.497 e. The second kappa shape index (κ2) is 13.5. The van der Waals surface area contributed by atoms with Crippen LogP contribution in [0.4, 0.5) is 13.2 Å². The SMILES string of the molecule is CCNC(=NCCCOc1ccc(OC)cc1)NCCc1nc(C(F)(F)F)cs1.I. The molecule has 0 bridgehead atoms. The number of hydrogen-bond donors (Lipinski definition) is 2. The van der Waals surface area contributed by atoms with Crippen LogP contribution < -0.4 is 20.1 Å². The number of guanidine groups is 1. The minimum absolute atomic E-state index is 0. The van der Waals surface area contributed by atoms with Crippen LogP contribution in [0.1, 0.15) is 24.0 Å². The number of aliphatic imine (C=N–C) groups is 1. The molecule has 2 rings (SSSR count). The summed E-state index contributed by atoms with van der Waals surface area (Å²) < 4.78 is 48.5. The summed E-state index contributed by atoms with van der Waals surface area (Å²) >= 11 is 1.01. The van der Waals surface area contributed by atoms with Crippen LogP contribution in [0.15, 0.2) is 34.6 Å². The lowest BCUT2D eigenvalue weighted by atomic mass is 10.3. The highest BCUT2D eigenvalue weighted by atomic mass is 127. The highest BCUT2D eigenvalue weighted by Crippen LogP contribution is 2.30. The molecule has 0 aliphatic carbocycles. The van der Waals surface area contributed by atoms with Gasteiger partial charge in [0.05, 0.1) is 18.7 Å². The second-order valence-electron chi connectivity index (χ2n) is 5.94. The van der Waals surface area contributed by atoms with Crippen molar-refractivity contribution < 1.29 is 22.6 Å². The molecule has 0 radical (unpaired) electrons. The molecule has 1 aromatic carbocycles. The average Bonchev–Trinajstić information content (AvgIpc) is 3.17. The molecule has 0 atom stereocenters. The maximum absolute atomic E-state index is 12.6. The topological polar surface area (TPSA) is 67.8 Å². The first-order valence-electron chi connectivity index (χ1n) is 9.23. The van der Waals surface area contributed by atoms with E-state index in [9.17, 15) is 13.2 Å². The molecule has 1 heterocycles. The molecule has 0 amide bonds. The van der Waals surface area contributed by atoms with Crippen molar-refractivity contribution in [3.05, 3.63) is 40.3 Å². The van der Waals surface area contributed by atoms with Gasteiger partial charge in [-0.05, 0) is 31.2 Å². The van der Waals surface area contributed by atoms with E-state index in [1.807, 2.05) is 31.2 Å². The Morgan fingerprint density at radius 1 is 1.17 bits per heavy atom. The fraction of sp³-hybridized carbons (Fsp3) is 0.474. The minimum atomic E-state index is -4.40. The van der Waals surface area contributed by atoms with Crippen LogP contribution in [0.2, 0.25) is 0 Å². The lowest BCUT2D eigenvalue weighted by Crippen LogP contribution is -2.38. The van der Waals surface area contributed by atoms with Gasteiger partial charge in [-0.2, -0.15) is 13.2 Å². The summed E-state index contributed by atoms with van der Waals surface area (Å²) in [5.41, 5.74) is -0.838. The summed E-state index contributed by atoms with van der Waals surface area (Å²) in [4.78, 5) is 8.06. The van der Waals surface area contributed by atoms with Crippen molar-refractivity contribution in [3.8, 4) is 11.5 Å². The number of methoxy groups -OCH3 is 1. The van der Waals surface area contributed by atoms with E-state index in [0.29, 0.717) is 43.6 Å². The van der Waals surface area contributed by atoms with Crippen LogP contribution in [0.3, 0.4) is 0 Å². The molecule has 0 unspecified atom stereocenters. The number of thiazole rings is 1. The van der Waals surface area contributed by atoms with Gasteiger partial charge in [0.2, 0.25) is 0 Å². The Labute approximate surface area is 195 Å². The number of rotatable bonds is 10. The van der Waals surface area contributed by atoms with Crippen LogP contribution in [0, 0.1) is 0 Å². The maximum atomic E-state index is 12.6. The number of nitrogens with one attached hydrogen (secondary N) is 2. The first-order valence-corrected chi connectivity index (χ1v) is 10.1. The molecule has 1 aromatic heterocycles. The van der Waals surface area contributed by atoms with Crippen molar-refractivity contribution in [2.75, 3.05) is 33.4 Å². The van der Waals surface area contributed by atoms with Crippen molar-refractivity contribution in [1.82, 2.24) is 15.6 Å². The van der Waals surface area contributed by atoms with Gasteiger partial charge >= 0.3 is 6.18 Å². The van der Waals surface area contributed by atoms with Crippen molar-refractivity contribution in [1.29, 1.82) is 0 Å². The molecular formula is C19H26F3IN4O2S. The predicted octanol–water partition coefficient (Wildman–Crippen LogP) is 4.36. The molecule has 0 spiro atoms. The largest absolute Gasteiger partial charge is 0.497 e. The van der Waals surface area contributed by atoms with Gasteiger partial charge in [0.15, 0.2) is 11.7 Å². The molecule has 0 fully saturated rings. The van der Waals surface area contributed by atoms with E-state index in [-0.39, 0.29) is 24.0 Å². The second-order valence-corrected chi connectivity index (χ2v) is 6.88. The van der Waals surface area contributed by atoms with Gasteiger partial charge in [-0.15, -0.1) is 35.3 Å². The number of halogens is 4. The van der Waals surface area contributed by atoms with Gasteiger partial charge in [0.25, 0.3) is 0 Å². The lowest BCUT2D eigenvalue weighted by molar-refractivity contribution is -0.140. The molecule has 11 heteroatoms. The third kappa shape index (κ3) is 9.37. The Kier molecular flexibility index (Phi) is 11.8. The van der Waals surface area contributed by atoms with E-state index in [2.05, 4.69) is 20.6 Å². The standard InChI is InChI=1S/C19H25F3N4O2S.HI/c1-3-23-18(25-11-9-17-26-16(13-29-17)19(20,21)22)24-10-4-12-28-15-7-5-14(27-2)6-8-15;/h5-8,13H,3-4,9-12H2,1-2H3,(H2,23,24,25);1H. The van der Waals surface area contributed by atoms with Gasteiger partial charge in [0, 0.05) is 37.9 Å². The molecule has 168 valence electrons. The Balaban J connectivity index is 0.00000450. The average molecular weight is 558 g/mol. The highest BCUT2D eigenvalue weighted by molar-refractivity contribution is 14.0. The first-order chi connectivity index (χ1) is 13.9. The van der Waals surface area contributed by atoms with E-state index in [1.54, 1.807) is 7.11 Å². The van der Waals surface area contributed by atoms with Crippen molar-refractivity contribution >= 4 is 41.3 Å². The third-order valence-electron chi connectivity index (χ3n) is 3.72. The van der Waals surface area contributed by atoms with Crippen molar-refractivity contribution in [3.63, 3.8) is 0 Å². The Morgan fingerprint density at radius 3 is 2.47 bits per heavy atom. The van der Waals surface area contributed by atoms with Gasteiger partial charge < -0.3 is 20.1 Å². The number of ether oxygens (including phenoxy) is 2. The van der Waals surface area contributed by atoms with Crippen LogP contribution in [-0.4, -0.2) is 44.3 Å². The first kappa shape index (κ1) is 26.3. The maximum Gasteiger partial charge on any atom is 0.434 e. The van der Waals surface area contributed by atoms with Gasteiger partial charge in [-0.3, -0.25) is 4.99 Å². The summed E-state index contributed by atoms with van der Waals surface area (Å²) in [7, 11) is 1.61. The smallest absolute Gasteiger partial charge is 0.434 e. The molecule has 30 heavy (non-hydrogen) atoms. The number of alkyl halides is 3. The molecule has 6 nitrogen and oxygen atoms in total. The van der Waals surface area contributed by atoms with Gasteiger partial charge in [0.1, 0.15) is 11.5 Å². The summed E-state index contributed by atoms with van der Waals surface area (Å²) in [5.74, 6) is 2.15. The summed E-state index contributed by atoms with van der Waals surface area (Å²) in [6.07, 6.45) is -3.28. The monoisotopic (exact) mass is 558 g/mol. The molecule has 0 saturated heterocycles. The zero-order valence-electron chi connectivity index (χ0n) is 16.8. The van der Waals surface area contributed by atoms with E-state index in [1.165, 1.54) is 0 Å². The normalized spacial score (nSPS) is 11.6. The summed E-state index contributed by atoms with van der Waals surface area (Å²) in [5, 5.41) is 7.69. The number of benzene rings is 1. The van der Waals surface area contributed by atoms with Crippen LogP contribution in [0.25, 0.3) is 0 Å². The fourth-order valence-electron chi connectivity index (χ4n) is 2.30. The molecule has 0 saturated carbocycles. The molecule has 2 N–H and O–H groups in total. The summed E-state index contributed by atoms with van der Waals surface area (Å²) in [6.45, 7) is 4.15. The van der Waals surface area contributed by atoms with Gasteiger partial charge in [-0.1, -0.05) is 0 Å². The summed E-state index contributed by atoms with van der Waals surface area (Å²) in [6, 6.07) is 7.36. The number of nitrogens with zero attached hydrogens (tertiary/aromatic N) is 2. The van der Waals surface area contributed by atoms with E-state index in [0.717, 1.165) is 34.6 Å². The molecular weight excluding hydrogens is 532 g/mol. The Morgan fingerprint density at radius 2 is 1.87 bits per heavy atom. The van der Waals surface area contributed by atoms with Crippen LogP contribution in [0.5, 0.6) is 11.5 Å². The Bertz CT molecular complexity index is 770. The van der Waals surface area contributed by atoms with Crippen LogP contribution in [-0.2, 0) is 12.6 Å². The zero-order valence-corrected chi connectivity index (χ0v) is 19.9. The van der Waals surface area contributed by atoms with Crippen molar-refractivity contribution in [2.45, 2.75) is 25.9 Å². The van der Waals surface area contributed by atoms with Gasteiger partial charge in [-0.25, -0.2) is 4.98 Å². The van der Waals surface area contributed by atoms with E-state index >= 15 is 0 Å². The fourth-order valence-corrected chi connectivity index (χ4v) is 3.11. The van der Waals surface area contributed by atoms with Crippen molar-refractivity contribution in [2.24, 2.45) is 4.99 Å². The molecule has 0 aliphatic rings. The number of aromatic nitrogens is 1. The zero-order chi connectivity index (χ0) is 21.1. The van der Waals surface area contributed by atoms with E-state index < -0.39 is 11.9 Å². The molecule has 0 aliphatic heterocycles.